The number of benzene rings is 1. The number of hydrogen-bond acceptors (Lipinski definition) is 4. The SMILES string of the molecule is CCN(CC)CC#CCOC(=O)c1cccc(C2CCCCC2)c1O. The molecule has 0 amide bonds. The number of para-hydroxylation sites is 1. The average Bonchev–Trinajstić information content (AvgIpc) is 2.65. The van der Waals surface area contributed by atoms with Crippen LogP contribution in [0.2, 0.25) is 0 Å². The summed E-state index contributed by atoms with van der Waals surface area (Å²) < 4.78 is 5.21. The van der Waals surface area contributed by atoms with E-state index in [9.17, 15) is 9.90 Å². The molecule has 136 valence electrons. The van der Waals surface area contributed by atoms with Crippen molar-refractivity contribution in [2.45, 2.75) is 51.9 Å². The lowest BCUT2D eigenvalue weighted by atomic mass is 9.83. The third kappa shape index (κ3) is 5.51. The Morgan fingerprint density at radius 1 is 1.20 bits per heavy atom. The summed E-state index contributed by atoms with van der Waals surface area (Å²) in [5.74, 6) is 5.79. The van der Waals surface area contributed by atoms with Crippen LogP contribution in [0.4, 0.5) is 0 Å². The predicted molar refractivity (Wildman–Crippen MR) is 99.8 cm³/mol. The lowest BCUT2D eigenvalue weighted by molar-refractivity contribution is 0.0553. The molecule has 1 N–H and O–H groups in total. The molecule has 4 heteroatoms. The van der Waals surface area contributed by atoms with Crippen LogP contribution in [0.5, 0.6) is 5.75 Å². The molecule has 0 radical (unpaired) electrons. The lowest BCUT2D eigenvalue weighted by Gasteiger charge is -2.23. The van der Waals surface area contributed by atoms with E-state index >= 15 is 0 Å². The zero-order valence-corrected chi connectivity index (χ0v) is 15.4. The molecule has 0 aromatic heterocycles. The van der Waals surface area contributed by atoms with Crippen molar-refractivity contribution in [3.05, 3.63) is 29.3 Å². The Morgan fingerprint density at radius 3 is 2.60 bits per heavy atom. The minimum atomic E-state index is -0.507. The number of esters is 1. The number of phenolic OH excluding ortho intramolecular Hbond substituents is 1. The van der Waals surface area contributed by atoms with Gasteiger partial charge in [-0.3, -0.25) is 4.90 Å². The molecule has 0 unspecified atom stereocenters. The van der Waals surface area contributed by atoms with E-state index in [2.05, 4.69) is 30.6 Å². The third-order valence-electron chi connectivity index (χ3n) is 4.93. The number of hydrogen-bond donors (Lipinski definition) is 1. The Labute approximate surface area is 151 Å². The second kappa shape index (κ2) is 10.1. The number of phenols is 1. The molecule has 25 heavy (non-hydrogen) atoms. The van der Waals surface area contributed by atoms with E-state index in [0.29, 0.717) is 12.5 Å². The van der Waals surface area contributed by atoms with Gasteiger partial charge in [-0.1, -0.05) is 57.1 Å². The largest absolute Gasteiger partial charge is 0.507 e. The highest BCUT2D eigenvalue weighted by molar-refractivity contribution is 5.93. The molecule has 1 fully saturated rings. The van der Waals surface area contributed by atoms with Crippen LogP contribution in [0.1, 0.15) is 67.8 Å². The van der Waals surface area contributed by atoms with Gasteiger partial charge in [-0.2, -0.15) is 0 Å². The van der Waals surface area contributed by atoms with E-state index in [4.69, 9.17) is 4.74 Å². The Morgan fingerprint density at radius 2 is 1.92 bits per heavy atom. The van der Waals surface area contributed by atoms with Crippen LogP contribution in [-0.4, -0.2) is 42.2 Å². The molecule has 4 nitrogen and oxygen atoms in total. The summed E-state index contributed by atoms with van der Waals surface area (Å²) in [6, 6.07) is 5.37. The minimum absolute atomic E-state index is 0.0488. The monoisotopic (exact) mass is 343 g/mol. The Bertz CT molecular complexity index is 620. The number of rotatable bonds is 6. The third-order valence-corrected chi connectivity index (χ3v) is 4.93. The van der Waals surface area contributed by atoms with Crippen molar-refractivity contribution in [3.8, 4) is 17.6 Å². The quantitative estimate of drug-likeness (QED) is 0.628. The summed E-state index contributed by atoms with van der Waals surface area (Å²) in [6.45, 7) is 6.81. The summed E-state index contributed by atoms with van der Waals surface area (Å²) in [5, 5.41) is 10.5. The fraction of sp³-hybridized carbons (Fsp3) is 0.571. The molecule has 1 aliphatic rings. The second-order valence-corrected chi connectivity index (χ2v) is 6.47. The smallest absolute Gasteiger partial charge is 0.342 e. The van der Waals surface area contributed by atoms with Gasteiger partial charge in [-0.15, -0.1) is 0 Å². The molecule has 1 aromatic carbocycles. The van der Waals surface area contributed by atoms with Gasteiger partial charge in [0.1, 0.15) is 11.3 Å². The van der Waals surface area contributed by atoms with E-state index in [-0.39, 0.29) is 17.9 Å². The summed E-state index contributed by atoms with van der Waals surface area (Å²) in [5.41, 5.74) is 1.12. The van der Waals surface area contributed by atoms with Crippen molar-refractivity contribution in [2.24, 2.45) is 0 Å². The van der Waals surface area contributed by atoms with Gasteiger partial charge in [0.25, 0.3) is 0 Å². The van der Waals surface area contributed by atoms with Crippen molar-refractivity contribution >= 4 is 5.97 Å². The normalized spacial score (nSPS) is 14.8. The van der Waals surface area contributed by atoms with Gasteiger partial charge in [-0.05, 0) is 43.5 Å². The van der Waals surface area contributed by atoms with Crippen LogP contribution >= 0.6 is 0 Å². The van der Waals surface area contributed by atoms with Crippen molar-refractivity contribution in [1.82, 2.24) is 4.90 Å². The maximum atomic E-state index is 12.2. The highest BCUT2D eigenvalue weighted by Gasteiger charge is 2.22. The Hall–Kier alpha value is -1.99. The van der Waals surface area contributed by atoms with E-state index in [0.717, 1.165) is 31.5 Å². The van der Waals surface area contributed by atoms with Crippen LogP contribution < -0.4 is 0 Å². The van der Waals surface area contributed by atoms with Crippen molar-refractivity contribution in [2.75, 3.05) is 26.2 Å². The molecule has 0 saturated heterocycles. The van der Waals surface area contributed by atoms with Crippen molar-refractivity contribution in [1.29, 1.82) is 0 Å². The van der Waals surface area contributed by atoms with E-state index < -0.39 is 5.97 Å². The zero-order valence-electron chi connectivity index (χ0n) is 15.4. The fourth-order valence-corrected chi connectivity index (χ4v) is 3.31. The first-order chi connectivity index (χ1) is 12.2. The predicted octanol–water partition coefficient (Wildman–Crippen LogP) is 3.94. The van der Waals surface area contributed by atoms with Gasteiger partial charge in [0.15, 0.2) is 6.61 Å². The molecule has 0 aliphatic heterocycles. The first-order valence-corrected chi connectivity index (χ1v) is 9.34. The first kappa shape index (κ1) is 19.3. The Balaban J connectivity index is 1.94. The molecular formula is C21H29NO3. The molecule has 0 heterocycles. The maximum absolute atomic E-state index is 12.2. The Kier molecular flexibility index (Phi) is 7.81. The number of aromatic hydroxyl groups is 1. The van der Waals surface area contributed by atoms with Crippen LogP contribution in [0.25, 0.3) is 0 Å². The van der Waals surface area contributed by atoms with Gasteiger partial charge in [0.05, 0.1) is 6.54 Å². The van der Waals surface area contributed by atoms with E-state index in [1.807, 2.05) is 12.1 Å². The van der Waals surface area contributed by atoms with Crippen LogP contribution in [0.15, 0.2) is 18.2 Å². The van der Waals surface area contributed by atoms with Gasteiger partial charge < -0.3 is 9.84 Å². The van der Waals surface area contributed by atoms with Crippen molar-refractivity contribution < 1.29 is 14.6 Å². The number of carbonyl (C=O) groups excluding carboxylic acids is 1. The van der Waals surface area contributed by atoms with Gasteiger partial charge in [-0.25, -0.2) is 4.79 Å². The molecule has 2 rings (SSSR count). The molecule has 1 aliphatic carbocycles. The van der Waals surface area contributed by atoms with Gasteiger partial charge >= 0.3 is 5.97 Å². The molecular weight excluding hydrogens is 314 g/mol. The first-order valence-electron chi connectivity index (χ1n) is 9.34. The summed E-state index contributed by atoms with van der Waals surface area (Å²) in [7, 11) is 0. The highest BCUT2D eigenvalue weighted by atomic mass is 16.5. The van der Waals surface area contributed by atoms with E-state index in [1.54, 1.807) is 6.07 Å². The number of carbonyl (C=O) groups is 1. The summed E-state index contributed by atoms with van der Waals surface area (Å²) in [4.78, 5) is 14.4. The van der Waals surface area contributed by atoms with Crippen LogP contribution in [0, 0.1) is 11.8 Å². The zero-order chi connectivity index (χ0) is 18.1. The molecule has 0 bridgehead atoms. The van der Waals surface area contributed by atoms with Crippen LogP contribution in [-0.2, 0) is 4.74 Å². The van der Waals surface area contributed by atoms with Crippen molar-refractivity contribution in [3.63, 3.8) is 0 Å². The molecule has 0 atom stereocenters. The van der Waals surface area contributed by atoms with E-state index in [1.165, 1.54) is 19.3 Å². The lowest BCUT2D eigenvalue weighted by Crippen LogP contribution is -2.22. The van der Waals surface area contributed by atoms with Gasteiger partial charge in [0, 0.05) is 0 Å². The summed E-state index contributed by atoms with van der Waals surface area (Å²) in [6.07, 6.45) is 5.76. The second-order valence-electron chi connectivity index (χ2n) is 6.47. The maximum Gasteiger partial charge on any atom is 0.342 e. The summed E-state index contributed by atoms with van der Waals surface area (Å²) >= 11 is 0. The number of ether oxygens (including phenoxy) is 1. The van der Waals surface area contributed by atoms with Crippen LogP contribution in [0.3, 0.4) is 0 Å². The number of nitrogens with zero attached hydrogens (tertiary/aromatic N) is 1. The van der Waals surface area contributed by atoms with Gasteiger partial charge in [0.2, 0.25) is 0 Å². The fourth-order valence-electron chi connectivity index (χ4n) is 3.31. The average molecular weight is 343 g/mol. The standard InChI is InChI=1S/C21H29NO3/c1-3-22(4-2)15-8-9-16-25-21(24)19-14-10-13-18(20(19)23)17-11-6-5-7-12-17/h10,13-14,17,23H,3-7,11-12,15-16H2,1-2H3. The molecule has 0 spiro atoms. The highest BCUT2D eigenvalue weighted by Crippen LogP contribution is 2.38. The minimum Gasteiger partial charge on any atom is -0.507 e. The topological polar surface area (TPSA) is 49.8 Å². The molecule has 1 saturated carbocycles. The molecule has 1 aromatic rings.